The Labute approximate surface area is 127 Å². The van der Waals surface area contributed by atoms with Crippen LogP contribution in [0.3, 0.4) is 0 Å². The zero-order valence-electron chi connectivity index (χ0n) is 10.8. The van der Waals surface area contributed by atoms with Gasteiger partial charge in [0, 0.05) is 6.54 Å². The van der Waals surface area contributed by atoms with E-state index in [0.717, 1.165) is 12.8 Å². The Kier molecular flexibility index (Phi) is 5.75. The van der Waals surface area contributed by atoms with Crippen molar-refractivity contribution in [3.05, 3.63) is 23.8 Å². The fourth-order valence-electron chi connectivity index (χ4n) is 1.95. The van der Waals surface area contributed by atoms with E-state index in [2.05, 4.69) is 27.9 Å². The first-order valence-corrected chi connectivity index (χ1v) is 8.08. The van der Waals surface area contributed by atoms with Gasteiger partial charge in [0.1, 0.15) is 13.2 Å². The number of ether oxygens (including phenoxy) is 2. The fraction of sp³-hybridized carbons (Fsp3) is 0.500. The lowest BCUT2D eigenvalue weighted by atomic mass is 10.1. The standard InChI is InChI=1S/C14H18INO3/c15-7-2-1-3-8-16-14(17)11-5-4-6-12-13(11)19-10-9-18-12/h4-6H,1-3,7-10H2,(H,16,17). The number of unbranched alkanes of at least 4 members (excludes halogenated alkanes) is 2. The number of nitrogens with one attached hydrogen (secondary N) is 1. The van der Waals surface area contributed by atoms with Crippen molar-refractivity contribution in [3.8, 4) is 11.5 Å². The van der Waals surface area contributed by atoms with Crippen LogP contribution < -0.4 is 14.8 Å². The van der Waals surface area contributed by atoms with Crippen molar-refractivity contribution in [1.82, 2.24) is 5.32 Å². The van der Waals surface area contributed by atoms with Gasteiger partial charge in [-0.05, 0) is 29.4 Å². The minimum Gasteiger partial charge on any atom is -0.486 e. The van der Waals surface area contributed by atoms with Crippen LogP contribution in [0.2, 0.25) is 0 Å². The van der Waals surface area contributed by atoms with E-state index < -0.39 is 0 Å². The minimum atomic E-state index is -0.0863. The largest absolute Gasteiger partial charge is 0.486 e. The number of alkyl halides is 1. The number of carbonyl (C=O) groups is 1. The molecule has 1 aromatic rings. The maximum Gasteiger partial charge on any atom is 0.255 e. The third kappa shape index (κ3) is 3.99. The van der Waals surface area contributed by atoms with E-state index in [1.165, 1.54) is 10.8 Å². The van der Waals surface area contributed by atoms with Crippen molar-refractivity contribution in [2.24, 2.45) is 0 Å². The fourth-order valence-corrected chi connectivity index (χ4v) is 2.49. The number of halogens is 1. The molecule has 1 heterocycles. The van der Waals surface area contributed by atoms with E-state index in [1.54, 1.807) is 6.07 Å². The highest BCUT2D eigenvalue weighted by Crippen LogP contribution is 2.33. The maximum atomic E-state index is 12.1. The van der Waals surface area contributed by atoms with Crippen LogP contribution in [-0.2, 0) is 0 Å². The van der Waals surface area contributed by atoms with E-state index in [4.69, 9.17) is 9.47 Å². The lowest BCUT2D eigenvalue weighted by Gasteiger charge is -2.20. The highest BCUT2D eigenvalue weighted by molar-refractivity contribution is 14.1. The molecule has 0 saturated heterocycles. The first-order chi connectivity index (χ1) is 9.33. The molecule has 0 aromatic heterocycles. The van der Waals surface area contributed by atoms with E-state index in [0.29, 0.717) is 36.8 Å². The third-order valence-corrected chi connectivity index (χ3v) is 3.67. The van der Waals surface area contributed by atoms with Crippen molar-refractivity contribution in [2.75, 3.05) is 24.2 Å². The molecule has 0 radical (unpaired) electrons. The highest BCUT2D eigenvalue weighted by Gasteiger charge is 2.19. The summed E-state index contributed by atoms with van der Waals surface area (Å²) in [5.41, 5.74) is 0.561. The lowest BCUT2D eigenvalue weighted by Crippen LogP contribution is -2.26. The molecule has 5 heteroatoms. The van der Waals surface area contributed by atoms with Crippen LogP contribution in [0.4, 0.5) is 0 Å². The van der Waals surface area contributed by atoms with Gasteiger partial charge in [0.05, 0.1) is 5.56 Å². The molecule has 0 atom stereocenters. The molecular weight excluding hydrogens is 357 g/mol. The van der Waals surface area contributed by atoms with Gasteiger partial charge in [0.2, 0.25) is 0 Å². The smallest absolute Gasteiger partial charge is 0.255 e. The van der Waals surface area contributed by atoms with E-state index in [9.17, 15) is 4.79 Å². The number of benzene rings is 1. The molecule has 1 N–H and O–H groups in total. The zero-order valence-corrected chi connectivity index (χ0v) is 12.9. The van der Waals surface area contributed by atoms with Crippen molar-refractivity contribution in [1.29, 1.82) is 0 Å². The lowest BCUT2D eigenvalue weighted by molar-refractivity contribution is 0.0942. The van der Waals surface area contributed by atoms with Crippen LogP contribution in [-0.4, -0.2) is 30.1 Å². The van der Waals surface area contributed by atoms with E-state index in [-0.39, 0.29) is 5.91 Å². The van der Waals surface area contributed by atoms with Gasteiger partial charge < -0.3 is 14.8 Å². The molecule has 19 heavy (non-hydrogen) atoms. The molecule has 1 aliphatic heterocycles. The number of fused-ring (bicyclic) bond motifs is 1. The molecule has 0 spiro atoms. The SMILES string of the molecule is O=C(NCCCCCI)c1cccc2c1OCCO2. The number of hydrogen-bond acceptors (Lipinski definition) is 3. The van der Waals surface area contributed by atoms with Gasteiger partial charge >= 0.3 is 0 Å². The van der Waals surface area contributed by atoms with Gasteiger partial charge in [-0.15, -0.1) is 0 Å². The van der Waals surface area contributed by atoms with Crippen LogP contribution in [0.15, 0.2) is 18.2 Å². The number of rotatable bonds is 6. The molecule has 104 valence electrons. The average Bonchev–Trinajstić information content (AvgIpc) is 2.46. The molecule has 2 rings (SSSR count). The van der Waals surface area contributed by atoms with E-state index >= 15 is 0 Å². The third-order valence-electron chi connectivity index (χ3n) is 2.91. The van der Waals surface area contributed by atoms with Crippen LogP contribution in [0, 0.1) is 0 Å². The first kappa shape index (κ1) is 14.4. The Balaban J connectivity index is 1.92. The number of carbonyl (C=O) groups excluding carboxylic acids is 1. The first-order valence-electron chi connectivity index (χ1n) is 6.55. The van der Waals surface area contributed by atoms with Crippen molar-refractivity contribution >= 4 is 28.5 Å². The Morgan fingerprint density at radius 1 is 1.21 bits per heavy atom. The molecule has 1 aliphatic rings. The van der Waals surface area contributed by atoms with E-state index in [1.807, 2.05) is 12.1 Å². The van der Waals surface area contributed by atoms with Crippen molar-refractivity contribution in [3.63, 3.8) is 0 Å². The van der Waals surface area contributed by atoms with Gasteiger partial charge in [0.25, 0.3) is 5.91 Å². The Bertz CT molecular complexity index is 437. The summed E-state index contributed by atoms with van der Waals surface area (Å²) in [5, 5.41) is 2.93. The van der Waals surface area contributed by atoms with Crippen LogP contribution in [0.5, 0.6) is 11.5 Å². The quantitative estimate of drug-likeness (QED) is 0.473. The summed E-state index contributed by atoms with van der Waals surface area (Å²) in [6.45, 7) is 1.74. The summed E-state index contributed by atoms with van der Waals surface area (Å²) >= 11 is 2.37. The number of hydrogen-bond donors (Lipinski definition) is 1. The molecule has 0 unspecified atom stereocenters. The highest BCUT2D eigenvalue weighted by atomic mass is 127. The summed E-state index contributed by atoms with van der Waals surface area (Å²) < 4.78 is 12.2. The van der Waals surface area contributed by atoms with Crippen LogP contribution in [0.25, 0.3) is 0 Å². The topological polar surface area (TPSA) is 47.6 Å². The predicted molar refractivity (Wildman–Crippen MR) is 82.5 cm³/mol. The molecule has 0 aliphatic carbocycles. The molecule has 1 aromatic carbocycles. The summed E-state index contributed by atoms with van der Waals surface area (Å²) in [5.74, 6) is 1.14. The summed E-state index contributed by atoms with van der Waals surface area (Å²) in [4.78, 5) is 12.1. The average molecular weight is 375 g/mol. The van der Waals surface area contributed by atoms with Crippen molar-refractivity contribution in [2.45, 2.75) is 19.3 Å². The van der Waals surface area contributed by atoms with Crippen LogP contribution >= 0.6 is 22.6 Å². The van der Waals surface area contributed by atoms with Gasteiger partial charge in [-0.1, -0.05) is 35.1 Å². The Morgan fingerprint density at radius 2 is 2.05 bits per heavy atom. The molecule has 1 amide bonds. The molecular formula is C14H18INO3. The summed E-state index contributed by atoms with van der Waals surface area (Å²) in [6, 6.07) is 5.41. The molecule has 0 saturated carbocycles. The Morgan fingerprint density at radius 3 is 2.89 bits per heavy atom. The minimum absolute atomic E-state index is 0.0863. The molecule has 0 fully saturated rings. The summed E-state index contributed by atoms with van der Waals surface area (Å²) in [6.07, 6.45) is 3.37. The van der Waals surface area contributed by atoms with Gasteiger partial charge in [-0.25, -0.2) is 0 Å². The normalized spacial score (nSPS) is 13.1. The molecule has 0 bridgehead atoms. The van der Waals surface area contributed by atoms with Gasteiger partial charge in [0.15, 0.2) is 11.5 Å². The zero-order chi connectivity index (χ0) is 13.5. The van der Waals surface area contributed by atoms with Gasteiger partial charge in [-0.3, -0.25) is 4.79 Å². The summed E-state index contributed by atoms with van der Waals surface area (Å²) in [7, 11) is 0. The Hall–Kier alpha value is -0.980. The predicted octanol–water partition coefficient (Wildman–Crippen LogP) is 2.79. The molecule has 4 nitrogen and oxygen atoms in total. The maximum absolute atomic E-state index is 12.1. The van der Waals surface area contributed by atoms with Gasteiger partial charge in [-0.2, -0.15) is 0 Å². The number of amides is 1. The second kappa shape index (κ2) is 7.57. The monoisotopic (exact) mass is 375 g/mol. The second-order valence-electron chi connectivity index (χ2n) is 4.34. The number of para-hydroxylation sites is 1. The second-order valence-corrected chi connectivity index (χ2v) is 5.41. The van der Waals surface area contributed by atoms with Crippen molar-refractivity contribution < 1.29 is 14.3 Å². The van der Waals surface area contributed by atoms with Crippen LogP contribution in [0.1, 0.15) is 29.6 Å².